The van der Waals surface area contributed by atoms with Crippen molar-refractivity contribution in [3.63, 3.8) is 0 Å². The summed E-state index contributed by atoms with van der Waals surface area (Å²) in [6, 6.07) is 19.4. The van der Waals surface area contributed by atoms with Crippen molar-refractivity contribution in [1.82, 2.24) is 14.1 Å². The van der Waals surface area contributed by atoms with Crippen molar-refractivity contribution in [2.24, 2.45) is 0 Å². The van der Waals surface area contributed by atoms with Crippen LogP contribution >= 0.6 is 55.3 Å². The second kappa shape index (κ2) is 13.4. The number of allylic oxidation sites excluding steroid dienone is 4. The second-order valence-corrected chi connectivity index (χ2v) is 16.0. The van der Waals surface area contributed by atoms with E-state index in [1.807, 2.05) is 6.07 Å². The number of hydrogen-bond donors (Lipinski definition) is 1. The third kappa shape index (κ3) is 6.14. The van der Waals surface area contributed by atoms with Crippen molar-refractivity contribution >= 4 is 89.4 Å². The molecule has 46 heavy (non-hydrogen) atoms. The first-order valence-corrected chi connectivity index (χ1v) is 18.8. The molecule has 1 N–H and O–H groups in total. The lowest BCUT2D eigenvalue weighted by molar-refractivity contribution is -0.401. The maximum Gasteiger partial charge on any atom is 0.220 e. The minimum Gasteiger partial charge on any atom is -0.356 e. The van der Waals surface area contributed by atoms with E-state index in [9.17, 15) is 4.79 Å². The molecule has 0 atom stereocenters. The van der Waals surface area contributed by atoms with Gasteiger partial charge in [-0.05, 0) is 75.9 Å². The fraction of sp³-hybridized carbons (Fsp3) is 0.333. The van der Waals surface area contributed by atoms with Crippen molar-refractivity contribution < 1.29 is 9.37 Å². The summed E-state index contributed by atoms with van der Waals surface area (Å²) in [5, 5.41) is 3.14. The van der Waals surface area contributed by atoms with Crippen LogP contribution in [-0.4, -0.2) is 50.8 Å². The Morgan fingerprint density at radius 3 is 2.52 bits per heavy atom. The summed E-state index contributed by atoms with van der Waals surface area (Å²) >= 11 is 10.1. The number of aromatic nitrogens is 2. The Morgan fingerprint density at radius 2 is 1.74 bits per heavy atom. The highest BCUT2D eigenvalue weighted by Gasteiger charge is 2.43. The zero-order valence-electron chi connectivity index (χ0n) is 26.7. The lowest BCUT2D eigenvalue weighted by Gasteiger charge is -2.27. The Morgan fingerprint density at radius 1 is 1.02 bits per heavy atom. The molecule has 3 aromatic carbocycles. The Bertz CT molecular complexity index is 1910. The average molecular weight is 781 g/mol. The third-order valence-electron chi connectivity index (χ3n) is 9.11. The molecule has 0 unspecified atom stereocenters. The van der Waals surface area contributed by atoms with E-state index in [4.69, 9.17) is 0 Å². The fourth-order valence-electron chi connectivity index (χ4n) is 6.68. The van der Waals surface area contributed by atoms with Gasteiger partial charge in [-0.25, -0.2) is 0 Å². The molecule has 0 spiro atoms. The largest absolute Gasteiger partial charge is 0.356 e. The molecule has 0 aliphatic carbocycles. The van der Waals surface area contributed by atoms with E-state index >= 15 is 0 Å². The number of halogens is 2. The molecule has 2 aliphatic rings. The van der Waals surface area contributed by atoms with E-state index in [0.29, 0.717) is 18.7 Å². The number of nitrogens with one attached hydrogen (secondary N) is 1. The van der Waals surface area contributed by atoms with E-state index < -0.39 is 0 Å². The Balaban J connectivity index is 1.09. The molecule has 2 aliphatic heterocycles. The molecule has 1 amide bonds. The third-order valence-corrected chi connectivity index (χ3v) is 12.4. The van der Waals surface area contributed by atoms with Crippen LogP contribution in [0.25, 0.3) is 11.0 Å². The highest BCUT2D eigenvalue weighted by Crippen LogP contribution is 2.48. The van der Waals surface area contributed by atoms with Crippen LogP contribution in [0.2, 0.25) is 0 Å². The van der Waals surface area contributed by atoms with Gasteiger partial charge in [0.05, 0.1) is 21.6 Å². The quantitative estimate of drug-likeness (QED) is 0.0989. The van der Waals surface area contributed by atoms with Gasteiger partial charge in [-0.2, -0.15) is 13.3 Å². The second-order valence-electron chi connectivity index (χ2n) is 12.7. The van der Waals surface area contributed by atoms with E-state index in [1.165, 1.54) is 45.6 Å². The van der Waals surface area contributed by atoms with E-state index in [1.54, 1.807) is 11.8 Å². The Kier molecular flexibility index (Phi) is 9.63. The minimum absolute atomic E-state index is 0.0649. The van der Waals surface area contributed by atoms with Crippen molar-refractivity contribution in [3.8, 4) is 0 Å². The number of fused-ring (bicyclic) bond motifs is 3. The predicted molar refractivity (Wildman–Crippen MR) is 200 cm³/mol. The minimum atomic E-state index is -0.132. The van der Waals surface area contributed by atoms with Crippen LogP contribution in [0.5, 0.6) is 0 Å². The average Bonchev–Trinajstić information content (AvgIpc) is 3.67. The maximum absolute atomic E-state index is 12.7. The monoisotopic (exact) mass is 778 g/mol. The van der Waals surface area contributed by atoms with Crippen molar-refractivity contribution in [2.45, 2.75) is 56.3 Å². The molecule has 3 heterocycles. The van der Waals surface area contributed by atoms with Gasteiger partial charge < -0.3 is 10.2 Å². The molecule has 0 fully saturated rings. The van der Waals surface area contributed by atoms with Gasteiger partial charge in [0.25, 0.3) is 0 Å². The number of amides is 1. The number of carbonyl (C=O) groups is 1. The molecule has 0 saturated carbocycles. The Labute approximate surface area is 296 Å². The summed E-state index contributed by atoms with van der Waals surface area (Å²) in [5.41, 5.74) is 9.27. The number of carbonyl (C=O) groups excluding carboxylic acids is 1. The molecular weight excluding hydrogens is 742 g/mol. The molecule has 0 bridgehead atoms. The summed E-state index contributed by atoms with van der Waals surface area (Å²) in [6.07, 6.45) is 8.06. The lowest BCUT2D eigenvalue weighted by Crippen LogP contribution is -2.31. The van der Waals surface area contributed by atoms with E-state index in [-0.39, 0.29) is 16.7 Å². The van der Waals surface area contributed by atoms with Gasteiger partial charge in [-0.3, -0.25) is 4.79 Å². The number of para-hydroxylation sites is 2. The molecule has 6 rings (SSSR count). The van der Waals surface area contributed by atoms with Crippen LogP contribution in [0.1, 0.15) is 51.7 Å². The molecule has 238 valence electrons. The zero-order valence-corrected chi connectivity index (χ0v) is 31.5. The van der Waals surface area contributed by atoms with Crippen molar-refractivity contribution in [3.05, 3.63) is 98.6 Å². The summed E-state index contributed by atoms with van der Waals surface area (Å²) < 4.78 is 12.9. The molecule has 1 aromatic heterocycles. The van der Waals surface area contributed by atoms with E-state index in [2.05, 4.69) is 157 Å². The summed E-state index contributed by atoms with van der Waals surface area (Å²) in [5.74, 6) is 0.754. The van der Waals surface area contributed by atoms with Crippen LogP contribution in [-0.2, 0) is 15.6 Å². The number of hydrogen-bond acceptors (Lipinski definition) is 6. The first kappa shape index (κ1) is 33.1. The van der Waals surface area contributed by atoms with Crippen molar-refractivity contribution in [2.75, 3.05) is 30.8 Å². The number of rotatable bonds is 10. The van der Waals surface area contributed by atoms with Gasteiger partial charge in [0, 0.05) is 69.1 Å². The van der Waals surface area contributed by atoms with Crippen LogP contribution < -0.4 is 10.2 Å². The van der Waals surface area contributed by atoms with Crippen LogP contribution in [0.15, 0.2) is 92.4 Å². The standard InChI is InChI=1S/C36H37Br2N5OS2/c1-35(2)23-12-6-8-14-26(23)42(5)29(35)16-10-17-30-36(3,4)24-13-7-9-15-27(24)43(30)20-11-19-39-31(44)18-21-45-28-22-25(37)33-34(32(28)38)41-46-40-33/h6-10,12-17,22H,11,18-21H2,1-5H3/p+1. The molecule has 6 nitrogen and oxygen atoms in total. The summed E-state index contributed by atoms with van der Waals surface area (Å²) in [6.45, 7) is 10.7. The maximum atomic E-state index is 12.7. The number of anilines is 1. The number of nitrogens with zero attached hydrogens (tertiary/aromatic N) is 4. The molecule has 0 radical (unpaired) electrons. The Hall–Kier alpha value is -2.79. The van der Waals surface area contributed by atoms with Gasteiger partial charge in [0.15, 0.2) is 5.71 Å². The molecule has 0 saturated heterocycles. The predicted octanol–water partition coefficient (Wildman–Crippen LogP) is 9.15. The SMILES string of the molecule is C[N+]1=C(/C=C/C=C2/N(CCCNC(=O)CCSc3cc(Br)c4nsnc4c3Br)c3ccccc3C2(C)C)C(C)(C)c2ccccc21. The van der Waals surface area contributed by atoms with Crippen LogP contribution in [0, 0.1) is 0 Å². The lowest BCUT2D eigenvalue weighted by atomic mass is 9.81. The first-order valence-electron chi connectivity index (χ1n) is 15.5. The van der Waals surface area contributed by atoms with Gasteiger partial charge in [0.1, 0.15) is 18.1 Å². The molecular formula is C36H38Br2N5OS2+. The molecule has 10 heteroatoms. The normalized spacial score (nSPS) is 17.4. The van der Waals surface area contributed by atoms with E-state index in [0.717, 1.165) is 37.8 Å². The van der Waals surface area contributed by atoms with Gasteiger partial charge in [0.2, 0.25) is 11.6 Å². The number of thioether (sulfide) groups is 1. The highest BCUT2D eigenvalue weighted by atomic mass is 79.9. The van der Waals surface area contributed by atoms with Crippen LogP contribution in [0.4, 0.5) is 11.4 Å². The summed E-state index contributed by atoms with van der Waals surface area (Å²) in [7, 11) is 2.16. The topological polar surface area (TPSA) is 61.1 Å². The van der Waals surface area contributed by atoms with Gasteiger partial charge in [-0.1, -0.05) is 56.3 Å². The number of benzene rings is 3. The van der Waals surface area contributed by atoms with Crippen LogP contribution in [0.3, 0.4) is 0 Å². The highest BCUT2D eigenvalue weighted by molar-refractivity contribution is 9.11. The van der Waals surface area contributed by atoms with Gasteiger partial charge >= 0.3 is 0 Å². The van der Waals surface area contributed by atoms with Crippen molar-refractivity contribution in [1.29, 1.82) is 0 Å². The zero-order chi connectivity index (χ0) is 32.6. The summed E-state index contributed by atoms with van der Waals surface area (Å²) in [4.78, 5) is 16.2. The molecule has 4 aromatic rings. The van der Waals surface area contributed by atoms with Gasteiger partial charge in [-0.15, -0.1) is 11.8 Å². The first-order chi connectivity index (χ1) is 22.0. The smallest absolute Gasteiger partial charge is 0.220 e. The fourth-order valence-corrected chi connectivity index (χ4v) is 9.80.